The molecule has 0 radical (unpaired) electrons. The summed E-state index contributed by atoms with van der Waals surface area (Å²) in [5.41, 5.74) is 0.559. The van der Waals surface area contributed by atoms with Crippen LogP contribution in [0.5, 0.6) is 0 Å². The van der Waals surface area contributed by atoms with Crippen LogP contribution < -0.4 is 0 Å². The third kappa shape index (κ3) is 1.85. The van der Waals surface area contributed by atoms with Crippen LogP contribution in [0, 0.1) is 40.4 Å². The number of hydrogen-bond acceptors (Lipinski definition) is 2. The molecule has 0 spiro atoms. The molecular weight excluding hydrogens is 272 g/mol. The van der Waals surface area contributed by atoms with Gasteiger partial charge in [0.1, 0.15) is 5.78 Å². The fourth-order valence-electron chi connectivity index (χ4n) is 7.40. The molecule has 0 amide bonds. The quantitative estimate of drug-likeness (QED) is 0.728. The lowest BCUT2D eigenvalue weighted by Gasteiger charge is -2.62. The van der Waals surface area contributed by atoms with E-state index in [9.17, 15) is 9.90 Å². The van der Waals surface area contributed by atoms with Crippen LogP contribution in [0.2, 0.25) is 0 Å². The average Bonchev–Trinajstić information content (AvgIpc) is 2.77. The van der Waals surface area contributed by atoms with E-state index in [0.717, 1.165) is 43.4 Å². The molecule has 4 saturated carbocycles. The Balaban J connectivity index is 1.68. The van der Waals surface area contributed by atoms with Crippen LogP contribution in [0.4, 0.5) is 0 Å². The molecule has 0 bridgehead atoms. The summed E-state index contributed by atoms with van der Waals surface area (Å²) >= 11 is 0. The van der Waals surface area contributed by atoms with Crippen LogP contribution in [0.15, 0.2) is 0 Å². The summed E-state index contributed by atoms with van der Waals surface area (Å²) in [5.74, 6) is 4.14. The van der Waals surface area contributed by atoms with E-state index in [4.69, 9.17) is 0 Å². The molecular formula is C20H32O2. The first kappa shape index (κ1) is 15.2. The number of rotatable bonds is 0. The monoisotopic (exact) mass is 304 g/mol. The van der Waals surface area contributed by atoms with Gasteiger partial charge in [-0.15, -0.1) is 0 Å². The van der Waals surface area contributed by atoms with Crippen molar-refractivity contribution < 1.29 is 9.90 Å². The Hall–Kier alpha value is -0.370. The van der Waals surface area contributed by atoms with Crippen molar-refractivity contribution in [2.24, 2.45) is 40.4 Å². The lowest BCUT2D eigenvalue weighted by Crippen LogP contribution is -2.56. The van der Waals surface area contributed by atoms with Crippen LogP contribution in [-0.4, -0.2) is 17.0 Å². The SMILES string of the molecule is C[C@@H]1C[C@H]2CC(=O)CC[C@]2(C)[C@H]2CC[C@]3(C)[C@H](O)CC[C@H]3[C@H]12. The van der Waals surface area contributed by atoms with E-state index in [1.54, 1.807) is 0 Å². The van der Waals surface area contributed by atoms with Gasteiger partial charge in [0.2, 0.25) is 0 Å². The molecule has 1 N–H and O–H groups in total. The second-order valence-electron chi connectivity index (χ2n) is 9.59. The highest BCUT2D eigenvalue weighted by atomic mass is 16.3. The van der Waals surface area contributed by atoms with Crippen molar-refractivity contribution in [2.45, 2.75) is 78.2 Å². The molecule has 0 unspecified atom stereocenters. The normalized spacial score (nSPS) is 57.9. The lowest BCUT2D eigenvalue weighted by molar-refractivity contribution is -0.153. The van der Waals surface area contributed by atoms with Gasteiger partial charge in [-0.1, -0.05) is 20.8 Å². The summed E-state index contributed by atoms with van der Waals surface area (Å²) < 4.78 is 0. The second-order valence-corrected chi connectivity index (χ2v) is 9.59. The second kappa shape index (κ2) is 4.82. The molecule has 4 aliphatic rings. The number of carbonyl (C=O) groups is 1. The minimum Gasteiger partial charge on any atom is -0.393 e. The molecule has 2 nitrogen and oxygen atoms in total. The maximum Gasteiger partial charge on any atom is 0.133 e. The molecule has 4 rings (SSSR count). The molecule has 0 saturated heterocycles. The van der Waals surface area contributed by atoms with Gasteiger partial charge in [0, 0.05) is 12.8 Å². The Morgan fingerprint density at radius 1 is 1.05 bits per heavy atom. The highest BCUT2D eigenvalue weighted by Gasteiger charge is 2.61. The van der Waals surface area contributed by atoms with Crippen LogP contribution in [0.3, 0.4) is 0 Å². The first-order chi connectivity index (χ1) is 10.4. The zero-order valence-electron chi connectivity index (χ0n) is 14.5. The van der Waals surface area contributed by atoms with E-state index in [1.165, 1.54) is 25.7 Å². The van der Waals surface area contributed by atoms with Crippen LogP contribution in [0.25, 0.3) is 0 Å². The van der Waals surface area contributed by atoms with Gasteiger partial charge < -0.3 is 5.11 Å². The Kier molecular flexibility index (Phi) is 3.32. The van der Waals surface area contributed by atoms with Crippen molar-refractivity contribution in [3.05, 3.63) is 0 Å². The minimum absolute atomic E-state index is 0.0795. The average molecular weight is 304 g/mol. The van der Waals surface area contributed by atoms with E-state index in [2.05, 4.69) is 20.8 Å². The first-order valence-electron chi connectivity index (χ1n) is 9.56. The van der Waals surface area contributed by atoms with Crippen LogP contribution in [-0.2, 0) is 4.79 Å². The summed E-state index contributed by atoms with van der Waals surface area (Å²) in [7, 11) is 0. The van der Waals surface area contributed by atoms with Crippen molar-refractivity contribution >= 4 is 5.78 Å². The van der Waals surface area contributed by atoms with Crippen LogP contribution >= 0.6 is 0 Å². The van der Waals surface area contributed by atoms with Crippen molar-refractivity contribution in [3.8, 4) is 0 Å². The molecule has 0 aromatic heterocycles. The number of aliphatic hydroxyl groups excluding tert-OH is 1. The van der Waals surface area contributed by atoms with Gasteiger partial charge >= 0.3 is 0 Å². The molecule has 8 atom stereocenters. The zero-order valence-corrected chi connectivity index (χ0v) is 14.5. The smallest absolute Gasteiger partial charge is 0.133 e. The van der Waals surface area contributed by atoms with Gasteiger partial charge in [-0.3, -0.25) is 4.79 Å². The molecule has 124 valence electrons. The predicted octanol–water partition coefficient (Wildman–Crippen LogP) is 4.21. The van der Waals surface area contributed by atoms with E-state index >= 15 is 0 Å². The standard InChI is InChI=1S/C20H32O2/c1-12-10-13-11-14(21)6-8-19(13,2)16-7-9-20(3)15(18(12)16)4-5-17(20)22/h12-13,15-18,22H,4-11H2,1-3H3/t12-,13+,15+,16+,17-,18+,19+,20+/m1/s1. The van der Waals surface area contributed by atoms with Crippen molar-refractivity contribution in [1.82, 2.24) is 0 Å². The van der Waals surface area contributed by atoms with Crippen molar-refractivity contribution in [1.29, 1.82) is 0 Å². The Bertz CT molecular complexity index is 486. The number of aliphatic hydroxyl groups is 1. The fourth-order valence-corrected chi connectivity index (χ4v) is 7.40. The number of fused-ring (bicyclic) bond motifs is 5. The van der Waals surface area contributed by atoms with Crippen molar-refractivity contribution in [2.75, 3.05) is 0 Å². The molecule has 0 aromatic carbocycles. The molecule has 0 heterocycles. The highest BCUT2D eigenvalue weighted by molar-refractivity contribution is 5.79. The number of ketones is 1. The summed E-state index contributed by atoms with van der Waals surface area (Å²) in [6, 6.07) is 0. The molecule has 22 heavy (non-hydrogen) atoms. The summed E-state index contributed by atoms with van der Waals surface area (Å²) in [6.07, 6.45) is 8.65. The van der Waals surface area contributed by atoms with E-state index < -0.39 is 0 Å². The Morgan fingerprint density at radius 3 is 2.55 bits per heavy atom. The topological polar surface area (TPSA) is 37.3 Å². The first-order valence-corrected chi connectivity index (χ1v) is 9.56. The molecule has 2 heteroatoms. The zero-order chi connectivity index (χ0) is 15.7. The maximum absolute atomic E-state index is 12.0. The lowest BCUT2D eigenvalue weighted by atomic mass is 9.43. The van der Waals surface area contributed by atoms with Crippen molar-refractivity contribution in [3.63, 3.8) is 0 Å². The van der Waals surface area contributed by atoms with Gasteiger partial charge in [0.25, 0.3) is 0 Å². The van der Waals surface area contributed by atoms with Gasteiger partial charge in [-0.2, -0.15) is 0 Å². The van der Waals surface area contributed by atoms with E-state index in [-0.39, 0.29) is 11.5 Å². The van der Waals surface area contributed by atoms with E-state index in [1.807, 2.05) is 0 Å². The van der Waals surface area contributed by atoms with E-state index in [0.29, 0.717) is 23.0 Å². The summed E-state index contributed by atoms with van der Waals surface area (Å²) in [4.78, 5) is 12.0. The number of carbonyl (C=O) groups excluding carboxylic acids is 1. The summed E-state index contributed by atoms with van der Waals surface area (Å²) in [5, 5.41) is 10.5. The Morgan fingerprint density at radius 2 is 1.77 bits per heavy atom. The third-order valence-corrected chi connectivity index (χ3v) is 8.79. The van der Waals surface area contributed by atoms with Crippen LogP contribution in [0.1, 0.15) is 72.1 Å². The van der Waals surface area contributed by atoms with Gasteiger partial charge in [-0.05, 0) is 78.9 Å². The fraction of sp³-hybridized carbons (Fsp3) is 0.950. The number of Topliss-reactive ketones (excluding diaryl/α,β-unsaturated/α-hetero) is 1. The van der Waals surface area contributed by atoms with Gasteiger partial charge in [0.15, 0.2) is 0 Å². The maximum atomic E-state index is 12.0. The molecule has 0 aromatic rings. The molecule has 4 aliphatic carbocycles. The molecule has 4 fully saturated rings. The molecule has 0 aliphatic heterocycles. The highest BCUT2D eigenvalue weighted by Crippen LogP contribution is 2.67. The summed E-state index contributed by atoms with van der Waals surface area (Å²) in [6.45, 7) is 7.30. The van der Waals surface area contributed by atoms with Gasteiger partial charge in [0.05, 0.1) is 6.10 Å². The van der Waals surface area contributed by atoms with Gasteiger partial charge in [-0.25, -0.2) is 0 Å². The largest absolute Gasteiger partial charge is 0.393 e. The Labute approximate surface area is 135 Å². The minimum atomic E-state index is -0.0795. The predicted molar refractivity (Wildman–Crippen MR) is 87.3 cm³/mol. The third-order valence-electron chi connectivity index (χ3n) is 8.79. The number of hydrogen-bond donors (Lipinski definition) is 1.